The lowest BCUT2D eigenvalue weighted by Crippen LogP contribution is -2.06. The van der Waals surface area contributed by atoms with E-state index in [1.165, 1.54) is 0 Å². The van der Waals surface area contributed by atoms with Gasteiger partial charge in [-0.25, -0.2) is 4.98 Å². The number of esters is 1. The summed E-state index contributed by atoms with van der Waals surface area (Å²) in [6.07, 6.45) is 2.44. The third kappa shape index (κ3) is 5.14. The molecule has 0 atom stereocenters. The summed E-state index contributed by atoms with van der Waals surface area (Å²) < 4.78 is 15.6. The van der Waals surface area contributed by atoms with Gasteiger partial charge in [-0.1, -0.05) is 23.7 Å². The van der Waals surface area contributed by atoms with E-state index in [9.17, 15) is 4.79 Å². The summed E-state index contributed by atoms with van der Waals surface area (Å²) in [7, 11) is 3.16. The molecular formula is C17H18ClNO4. The minimum absolute atomic E-state index is 0.189. The Balaban J connectivity index is 1.83. The highest BCUT2D eigenvalue weighted by molar-refractivity contribution is 6.29. The average molecular weight is 336 g/mol. The molecule has 23 heavy (non-hydrogen) atoms. The van der Waals surface area contributed by atoms with Gasteiger partial charge in [-0.05, 0) is 30.2 Å². The van der Waals surface area contributed by atoms with Crippen LogP contribution in [0.5, 0.6) is 11.5 Å². The van der Waals surface area contributed by atoms with Gasteiger partial charge in [0.2, 0.25) is 0 Å². The van der Waals surface area contributed by atoms with Gasteiger partial charge in [0.1, 0.15) is 11.8 Å². The molecule has 0 aliphatic carbocycles. The molecule has 0 fully saturated rings. The quantitative estimate of drug-likeness (QED) is 0.573. The van der Waals surface area contributed by atoms with Gasteiger partial charge < -0.3 is 14.2 Å². The number of hydrogen-bond acceptors (Lipinski definition) is 5. The highest BCUT2D eigenvalue weighted by Crippen LogP contribution is 2.28. The predicted octanol–water partition coefficient (Wildman–Crippen LogP) is 3.43. The molecule has 0 bridgehead atoms. The number of benzene rings is 1. The van der Waals surface area contributed by atoms with E-state index in [0.717, 1.165) is 11.1 Å². The molecule has 0 unspecified atom stereocenters. The molecule has 5 nitrogen and oxygen atoms in total. The largest absolute Gasteiger partial charge is 0.493 e. The summed E-state index contributed by atoms with van der Waals surface area (Å²) in [5.41, 5.74) is 1.78. The van der Waals surface area contributed by atoms with Crippen molar-refractivity contribution >= 4 is 17.6 Å². The van der Waals surface area contributed by atoms with Gasteiger partial charge in [0.25, 0.3) is 0 Å². The molecule has 2 aromatic rings. The molecule has 0 amide bonds. The Bertz CT molecular complexity index is 658. The maximum atomic E-state index is 11.8. The van der Waals surface area contributed by atoms with Gasteiger partial charge >= 0.3 is 5.97 Å². The SMILES string of the molecule is COc1ccc(CCC(=O)OCc2ccc(Cl)nc2)cc1OC. The number of carbonyl (C=O) groups excluding carboxylic acids is 1. The molecule has 0 saturated carbocycles. The second kappa shape index (κ2) is 8.39. The number of aromatic nitrogens is 1. The van der Waals surface area contributed by atoms with E-state index < -0.39 is 0 Å². The molecule has 2 rings (SSSR count). The number of ether oxygens (including phenoxy) is 3. The highest BCUT2D eigenvalue weighted by atomic mass is 35.5. The van der Waals surface area contributed by atoms with Crippen LogP contribution in [0, 0.1) is 0 Å². The van der Waals surface area contributed by atoms with Crippen molar-refractivity contribution in [3.63, 3.8) is 0 Å². The molecule has 0 spiro atoms. The van der Waals surface area contributed by atoms with Crippen LogP contribution in [0.4, 0.5) is 0 Å². The smallest absolute Gasteiger partial charge is 0.306 e. The first-order valence-electron chi connectivity index (χ1n) is 7.09. The van der Waals surface area contributed by atoms with E-state index in [-0.39, 0.29) is 19.0 Å². The minimum Gasteiger partial charge on any atom is -0.493 e. The van der Waals surface area contributed by atoms with E-state index in [4.69, 9.17) is 25.8 Å². The monoisotopic (exact) mass is 335 g/mol. The van der Waals surface area contributed by atoms with Crippen molar-refractivity contribution in [1.82, 2.24) is 4.98 Å². The van der Waals surface area contributed by atoms with Gasteiger partial charge in [0, 0.05) is 18.2 Å². The Morgan fingerprint density at radius 1 is 1.09 bits per heavy atom. The van der Waals surface area contributed by atoms with Crippen molar-refractivity contribution in [2.45, 2.75) is 19.4 Å². The normalized spacial score (nSPS) is 10.2. The topological polar surface area (TPSA) is 57.7 Å². The Hall–Kier alpha value is -2.27. The van der Waals surface area contributed by atoms with Crippen LogP contribution >= 0.6 is 11.6 Å². The zero-order valence-electron chi connectivity index (χ0n) is 13.0. The molecule has 6 heteroatoms. The van der Waals surface area contributed by atoms with Crippen LogP contribution in [0.25, 0.3) is 0 Å². The van der Waals surface area contributed by atoms with Crippen molar-refractivity contribution in [2.24, 2.45) is 0 Å². The van der Waals surface area contributed by atoms with Gasteiger partial charge in [-0.3, -0.25) is 4.79 Å². The number of carbonyl (C=O) groups is 1. The van der Waals surface area contributed by atoms with Crippen LogP contribution in [0.15, 0.2) is 36.5 Å². The summed E-state index contributed by atoms with van der Waals surface area (Å²) in [5.74, 6) is 1.04. The Kier molecular flexibility index (Phi) is 6.23. The number of pyridine rings is 1. The molecule has 1 heterocycles. The number of aryl methyl sites for hydroxylation is 1. The minimum atomic E-state index is -0.269. The van der Waals surface area contributed by atoms with Gasteiger partial charge in [-0.15, -0.1) is 0 Å². The Morgan fingerprint density at radius 2 is 1.83 bits per heavy atom. The van der Waals surface area contributed by atoms with Crippen LogP contribution in [-0.4, -0.2) is 25.2 Å². The van der Waals surface area contributed by atoms with Crippen molar-refractivity contribution in [1.29, 1.82) is 0 Å². The molecule has 1 aromatic heterocycles. The summed E-state index contributed by atoms with van der Waals surface area (Å²) >= 11 is 5.70. The maximum Gasteiger partial charge on any atom is 0.306 e. The summed E-state index contributed by atoms with van der Waals surface area (Å²) in [6, 6.07) is 9.01. The predicted molar refractivity (Wildman–Crippen MR) is 86.9 cm³/mol. The van der Waals surface area contributed by atoms with Crippen molar-refractivity contribution in [3.8, 4) is 11.5 Å². The van der Waals surface area contributed by atoms with Gasteiger partial charge in [0.05, 0.1) is 14.2 Å². The lowest BCUT2D eigenvalue weighted by atomic mass is 10.1. The fourth-order valence-electron chi connectivity index (χ4n) is 2.01. The fraction of sp³-hybridized carbons (Fsp3) is 0.294. The molecule has 0 aliphatic rings. The van der Waals surface area contributed by atoms with Crippen molar-refractivity contribution in [2.75, 3.05) is 14.2 Å². The van der Waals surface area contributed by atoms with Crippen LogP contribution in [0.2, 0.25) is 5.15 Å². The highest BCUT2D eigenvalue weighted by Gasteiger charge is 2.08. The van der Waals surface area contributed by atoms with Crippen molar-refractivity contribution in [3.05, 3.63) is 52.8 Å². The Morgan fingerprint density at radius 3 is 2.48 bits per heavy atom. The first-order valence-corrected chi connectivity index (χ1v) is 7.47. The molecule has 0 N–H and O–H groups in total. The molecule has 0 radical (unpaired) electrons. The van der Waals surface area contributed by atoms with Crippen LogP contribution in [0.3, 0.4) is 0 Å². The van der Waals surface area contributed by atoms with E-state index >= 15 is 0 Å². The van der Waals surface area contributed by atoms with Crippen LogP contribution in [0.1, 0.15) is 17.5 Å². The molecule has 0 saturated heterocycles. The molecule has 0 aliphatic heterocycles. The lowest BCUT2D eigenvalue weighted by Gasteiger charge is -2.09. The van der Waals surface area contributed by atoms with Crippen molar-refractivity contribution < 1.29 is 19.0 Å². The third-order valence-electron chi connectivity index (χ3n) is 3.25. The van der Waals surface area contributed by atoms with E-state index in [2.05, 4.69) is 4.98 Å². The standard InChI is InChI=1S/C17H18ClNO4/c1-21-14-6-3-12(9-15(14)22-2)5-8-17(20)23-11-13-4-7-16(18)19-10-13/h3-4,6-7,9-10H,5,8,11H2,1-2H3. The maximum absolute atomic E-state index is 11.8. The first-order chi connectivity index (χ1) is 11.1. The average Bonchev–Trinajstić information content (AvgIpc) is 2.59. The van der Waals surface area contributed by atoms with Crippen LogP contribution < -0.4 is 9.47 Å². The summed E-state index contributed by atoms with van der Waals surface area (Å²) in [4.78, 5) is 15.7. The number of rotatable bonds is 7. The van der Waals surface area contributed by atoms with Gasteiger partial charge in [0.15, 0.2) is 11.5 Å². The fourth-order valence-corrected chi connectivity index (χ4v) is 2.12. The van der Waals surface area contributed by atoms with E-state index in [1.807, 2.05) is 18.2 Å². The number of hydrogen-bond donors (Lipinski definition) is 0. The van der Waals surface area contributed by atoms with Gasteiger partial charge in [-0.2, -0.15) is 0 Å². The third-order valence-corrected chi connectivity index (χ3v) is 3.48. The first kappa shape index (κ1) is 17.1. The molecule has 1 aromatic carbocycles. The number of halogens is 1. The van der Waals surface area contributed by atoms with E-state index in [0.29, 0.717) is 23.1 Å². The zero-order valence-corrected chi connectivity index (χ0v) is 13.8. The zero-order chi connectivity index (χ0) is 16.7. The van der Waals surface area contributed by atoms with E-state index in [1.54, 1.807) is 32.5 Å². The number of nitrogens with zero attached hydrogens (tertiary/aromatic N) is 1. The Labute approximate surface area is 140 Å². The molecule has 122 valence electrons. The second-order valence-corrected chi connectivity index (χ2v) is 5.23. The number of methoxy groups -OCH3 is 2. The summed E-state index contributed by atoms with van der Waals surface area (Å²) in [5, 5.41) is 0.411. The summed E-state index contributed by atoms with van der Waals surface area (Å²) in [6.45, 7) is 0.189. The van der Waals surface area contributed by atoms with Crippen LogP contribution in [-0.2, 0) is 22.6 Å². The molecular weight excluding hydrogens is 318 g/mol. The second-order valence-electron chi connectivity index (χ2n) is 4.84. The lowest BCUT2D eigenvalue weighted by molar-refractivity contribution is -0.144.